The van der Waals surface area contributed by atoms with Gasteiger partial charge in [0.2, 0.25) is 0 Å². The first-order valence-electron chi connectivity index (χ1n) is 6.67. The molecule has 4 heteroatoms. The minimum Gasteiger partial charge on any atom is -0.345 e. The lowest BCUT2D eigenvalue weighted by Crippen LogP contribution is -2.32. The average molecular weight is 253 g/mol. The molecule has 3 nitrogen and oxygen atoms in total. The van der Waals surface area contributed by atoms with Gasteiger partial charge in [0.05, 0.1) is 5.69 Å². The van der Waals surface area contributed by atoms with E-state index in [1.165, 1.54) is 43.1 Å². The Kier molecular flexibility index (Phi) is 4.80. The normalized spacial score (nSPS) is 21.5. The fourth-order valence-electron chi connectivity index (χ4n) is 2.36. The smallest absolute Gasteiger partial charge is 0.185 e. The lowest BCUT2D eigenvalue weighted by molar-refractivity contribution is 0.614. The van der Waals surface area contributed by atoms with E-state index < -0.39 is 0 Å². The molecule has 2 rings (SSSR count). The van der Waals surface area contributed by atoms with Crippen LogP contribution in [0.25, 0.3) is 0 Å². The number of hydrogen-bond donors (Lipinski definition) is 1. The van der Waals surface area contributed by atoms with Crippen molar-refractivity contribution >= 4 is 16.5 Å². The van der Waals surface area contributed by atoms with E-state index in [1.807, 2.05) is 7.05 Å². The number of rotatable bonds is 4. The molecule has 1 unspecified atom stereocenters. The van der Waals surface area contributed by atoms with Crippen molar-refractivity contribution in [2.75, 3.05) is 25.0 Å². The van der Waals surface area contributed by atoms with Crippen molar-refractivity contribution in [1.29, 1.82) is 0 Å². The van der Waals surface area contributed by atoms with Gasteiger partial charge in [-0.25, -0.2) is 4.98 Å². The Labute approximate surface area is 108 Å². The maximum Gasteiger partial charge on any atom is 0.185 e. The molecule has 1 atom stereocenters. The molecule has 1 aromatic rings. The SMILES string of the molecule is CNCCc1csc(N2CCCCCC2C)n1. The molecule has 0 bridgehead atoms. The lowest BCUT2D eigenvalue weighted by atomic mass is 10.1. The van der Waals surface area contributed by atoms with E-state index in [-0.39, 0.29) is 0 Å². The first-order chi connectivity index (χ1) is 8.31. The Morgan fingerprint density at radius 1 is 1.47 bits per heavy atom. The third-order valence-corrected chi connectivity index (χ3v) is 4.40. The zero-order chi connectivity index (χ0) is 12.1. The summed E-state index contributed by atoms with van der Waals surface area (Å²) in [5.41, 5.74) is 1.23. The Morgan fingerprint density at radius 2 is 2.35 bits per heavy atom. The molecule has 0 spiro atoms. The van der Waals surface area contributed by atoms with Gasteiger partial charge in [-0.05, 0) is 26.8 Å². The Bertz CT molecular complexity index is 337. The second kappa shape index (κ2) is 6.36. The van der Waals surface area contributed by atoms with Crippen molar-refractivity contribution in [2.45, 2.75) is 45.1 Å². The molecule has 0 aliphatic carbocycles. The van der Waals surface area contributed by atoms with Gasteiger partial charge >= 0.3 is 0 Å². The van der Waals surface area contributed by atoms with E-state index in [1.54, 1.807) is 11.3 Å². The van der Waals surface area contributed by atoms with Gasteiger partial charge in [-0.2, -0.15) is 0 Å². The molecule has 1 fully saturated rings. The van der Waals surface area contributed by atoms with Crippen LogP contribution in [0.4, 0.5) is 5.13 Å². The molecule has 17 heavy (non-hydrogen) atoms. The average Bonchev–Trinajstić information content (AvgIpc) is 2.69. The lowest BCUT2D eigenvalue weighted by Gasteiger charge is -2.26. The Morgan fingerprint density at radius 3 is 3.18 bits per heavy atom. The van der Waals surface area contributed by atoms with E-state index in [2.05, 4.69) is 22.5 Å². The third kappa shape index (κ3) is 3.42. The number of anilines is 1. The summed E-state index contributed by atoms with van der Waals surface area (Å²) < 4.78 is 0. The molecule has 0 radical (unpaired) electrons. The van der Waals surface area contributed by atoms with Gasteiger partial charge in [-0.1, -0.05) is 12.8 Å². The van der Waals surface area contributed by atoms with Crippen LogP contribution in [0, 0.1) is 0 Å². The van der Waals surface area contributed by atoms with Crippen LogP contribution >= 0.6 is 11.3 Å². The van der Waals surface area contributed by atoms with E-state index in [0.29, 0.717) is 6.04 Å². The van der Waals surface area contributed by atoms with E-state index >= 15 is 0 Å². The highest BCUT2D eigenvalue weighted by molar-refractivity contribution is 7.13. The molecule has 1 saturated heterocycles. The van der Waals surface area contributed by atoms with Gasteiger partial charge in [-0.3, -0.25) is 0 Å². The molecular weight excluding hydrogens is 230 g/mol. The standard InChI is InChI=1S/C13H23N3S/c1-11-6-4-3-5-9-16(11)13-15-12(10-17-13)7-8-14-2/h10-11,14H,3-9H2,1-2H3. The van der Waals surface area contributed by atoms with Crippen LogP contribution in [0.1, 0.15) is 38.3 Å². The van der Waals surface area contributed by atoms with Crippen LogP contribution in [-0.4, -0.2) is 31.2 Å². The molecule has 1 N–H and O–H groups in total. The van der Waals surface area contributed by atoms with Gasteiger partial charge in [0.15, 0.2) is 5.13 Å². The number of hydrogen-bond acceptors (Lipinski definition) is 4. The topological polar surface area (TPSA) is 28.2 Å². The molecule has 0 aromatic carbocycles. The summed E-state index contributed by atoms with van der Waals surface area (Å²) in [4.78, 5) is 7.27. The van der Waals surface area contributed by atoms with Crippen molar-refractivity contribution in [3.8, 4) is 0 Å². The highest BCUT2D eigenvalue weighted by Crippen LogP contribution is 2.27. The van der Waals surface area contributed by atoms with E-state index in [9.17, 15) is 0 Å². The number of thiazole rings is 1. The highest BCUT2D eigenvalue weighted by Gasteiger charge is 2.19. The van der Waals surface area contributed by atoms with E-state index in [4.69, 9.17) is 4.98 Å². The predicted molar refractivity (Wildman–Crippen MR) is 75.0 cm³/mol. The van der Waals surface area contributed by atoms with Crippen molar-refractivity contribution in [3.63, 3.8) is 0 Å². The van der Waals surface area contributed by atoms with Crippen LogP contribution < -0.4 is 10.2 Å². The third-order valence-electron chi connectivity index (χ3n) is 3.47. The first-order valence-corrected chi connectivity index (χ1v) is 7.55. The molecular formula is C13H23N3S. The molecule has 0 saturated carbocycles. The van der Waals surface area contributed by atoms with Crippen molar-refractivity contribution in [2.24, 2.45) is 0 Å². The minimum atomic E-state index is 0.654. The summed E-state index contributed by atoms with van der Waals surface area (Å²) in [7, 11) is 1.99. The number of nitrogens with one attached hydrogen (secondary N) is 1. The van der Waals surface area contributed by atoms with Gasteiger partial charge in [0, 0.05) is 30.9 Å². The second-order valence-corrected chi connectivity index (χ2v) is 5.70. The molecule has 1 aromatic heterocycles. The quantitative estimate of drug-likeness (QED) is 0.894. The zero-order valence-corrected chi connectivity index (χ0v) is 11.7. The van der Waals surface area contributed by atoms with Crippen molar-refractivity contribution < 1.29 is 0 Å². The highest BCUT2D eigenvalue weighted by atomic mass is 32.1. The largest absolute Gasteiger partial charge is 0.345 e. The van der Waals surface area contributed by atoms with Gasteiger partial charge < -0.3 is 10.2 Å². The van der Waals surface area contributed by atoms with Gasteiger partial charge in [0.25, 0.3) is 0 Å². The number of nitrogens with zero attached hydrogens (tertiary/aromatic N) is 2. The fraction of sp³-hybridized carbons (Fsp3) is 0.769. The van der Waals surface area contributed by atoms with E-state index in [0.717, 1.165) is 13.0 Å². The molecule has 1 aliphatic rings. The molecule has 96 valence electrons. The monoisotopic (exact) mass is 253 g/mol. The number of likely N-dealkylation sites (N-methyl/N-ethyl adjacent to an activating group) is 1. The van der Waals surface area contributed by atoms with Crippen LogP contribution in [0.3, 0.4) is 0 Å². The molecule has 0 amide bonds. The summed E-state index contributed by atoms with van der Waals surface area (Å²) >= 11 is 1.81. The number of aromatic nitrogens is 1. The predicted octanol–water partition coefficient (Wildman–Crippen LogP) is 2.67. The van der Waals surface area contributed by atoms with Gasteiger partial charge in [0.1, 0.15) is 0 Å². The maximum atomic E-state index is 4.77. The summed E-state index contributed by atoms with van der Waals surface area (Å²) in [6, 6.07) is 0.654. The molecule has 2 heterocycles. The maximum absolute atomic E-state index is 4.77. The van der Waals surface area contributed by atoms with Crippen LogP contribution in [0.2, 0.25) is 0 Å². The van der Waals surface area contributed by atoms with Crippen molar-refractivity contribution in [3.05, 3.63) is 11.1 Å². The summed E-state index contributed by atoms with van der Waals surface area (Å²) in [6.45, 7) is 4.53. The Balaban J connectivity index is 2.01. The zero-order valence-electron chi connectivity index (χ0n) is 10.9. The van der Waals surface area contributed by atoms with Crippen LogP contribution in [-0.2, 0) is 6.42 Å². The second-order valence-electron chi connectivity index (χ2n) is 4.87. The Hall–Kier alpha value is -0.610. The summed E-state index contributed by atoms with van der Waals surface area (Å²) in [5, 5.41) is 6.61. The summed E-state index contributed by atoms with van der Waals surface area (Å²) in [5.74, 6) is 0. The molecule has 1 aliphatic heterocycles. The van der Waals surface area contributed by atoms with Crippen LogP contribution in [0.15, 0.2) is 5.38 Å². The fourth-order valence-corrected chi connectivity index (χ4v) is 3.34. The van der Waals surface area contributed by atoms with Gasteiger partial charge in [-0.15, -0.1) is 11.3 Å². The van der Waals surface area contributed by atoms with Crippen molar-refractivity contribution in [1.82, 2.24) is 10.3 Å². The van der Waals surface area contributed by atoms with Crippen LogP contribution in [0.5, 0.6) is 0 Å². The first kappa shape index (κ1) is 12.8. The minimum absolute atomic E-state index is 0.654. The summed E-state index contributed by atoms with van der Waals surface area (Å²) in [6.07, 6.45) is 6.41.